The molecular formula is C17H24FNO3. The quantitative estimate of drug-likeness (QED) is 0.850. The summed E-state index contributed by atoms with van der Waals surface area (Å²) in [5.41, 5.74) is 0.845. The van der Waals surface area contributed by atoms with Gasteiger partial charge in [-0.25, -0.2) is 9.18 Å². The number of piperidine rings is 1. The molecule has 0 aromatic heterocycles. The Bertz CT molecular complexity index is 519. The van der Waals surface area contributed by atoms with Crippen LogP contribution in [0.4, 0.5) is 4.39 Å². The maximum Gasteiger partial charge on any atom is 0.337 e. The van der Waals surface area contributed by atoms with Crippen LogP contribution < -0.4 is 0 Å². The van der Waals surface area contributed by atoms with E-state index < -0.39 is 5.97 Å². The largest absolute Gasteiger partial charge is 0.465 e. The van der Waals surface area contributed by atoms with Crippen molar-refractivity contribution in [2.45, 2.75) is 32.7 Å². The third kappa shape index (κ3) is 3.65. The number of methoxy groups -OCH3 is 1. The van der Waals surface area contributed by atoms with Crippen molar-refractivity contribution in [3.05, 3.63) is 35.1 Å². The van der Waals surface area contributed by atoms with E-state index in [0.29, 0.717) is 12.1 Å². The van der Waals surface area contributed by atoms with Crippen LogP contribution >= 0.6 is 0 Å². The maximum atomic E-state index is 14.1. The van der Waals surface area contributed by atoms with Crippen LogP contribution in [-0.2, 0) is 11.3 Å². The van der Waals surface area contributed by atoms with Gasteiger partial charge in [0.15, 0.2) is 0 Å². The second kappa shape index (κ2) is 7.20. The topological polar surface area (TPSA) is 49.8 Å². The summed E-state index contributed by atoms with van der Waals surface area (Å²) >= 11 is 0. The number of esters is 1. The molecule has 0 spiro atoms. The number of hydrogen-bond acceptors (Lipinski definition) is 4. The Morgan fingerprint density at radius 2 is 2.09 bits per heavy atom. The summed E-state index contributed by atoms with van der Waals surface area (Å²) in [4.78, 5) is 13.6. The molecule has 22 heavy (non-hydrogen) atoms. The number of aliphatic hydroxyl groups is 1. The number of nitrogens with zero attached hydrogens (tertiary/aromatic N) is 1. The molecule has 1 fully saturated rings. The van der Waals surface area contributed by atoms with E-state index >= 15 is 0 Å². The molecule has 0 aliphatic carbocycles. The minimum absolute atomic E-state index is 0.0315. The second-order valence-electron chi connectivity index (χ2n) is 6.09. The molecule has 1 N–H and O–H groups in total. The van der Waals surface area contributed by atoms with E-state index in [1.165, 1.54) is 13.2 Å². The fraction of sp³-hybridized carbons (Fsp3) is 0.588. The van der Waals surface area contributed by atoms with Crippen LogP contribution in [0.15, 0.2) is 18.2 Å². The highest BCUT2D eigenvalue weighted by Gasteiger charge is 2.32. The Balaban J connectivity index is 1.99. The summed E-state index contributed by atoms with van der Waals surface area (Å²) in [5.74, 6) is -0.906. The van der Waals surface area contributed by atoms with Gasteiger partial charge in [-0.15, -0.1) is 0 Å². The van der Waals surface area contributed by atoms with E-state index in [4.69, 9.17) is 0 Å². The van der Waals surface area contributed by atoms with E-state index in [1.807, 2.05) is 0 Å². The maximum absolute atomic E-state index is 14.1. The molecule has 1 aromatic rings. The first-order valence-electron chi connectivity index (χ1n) is 7.73. The number of likely N-dealkylation sites (tertiary alicyclic amines) is 1. The Kier molecular flexibility index (Phi) is 5.53. The van der Waals surface area contributed by atoms with Gasteiger partial charge >= 0.3 is 5.97 Å². The van der Waals surface area contributed by atoms with Crippen LogP contribution in [0.5, 0.6) is 0 Å². The van der Waals surface area contributed by atoms with Crippen molar-refractivity contribution in [3.63, 3.8) is 0 Å². The van der Waals surface area contributed by atoms with Gasteiger partial charge in [-0.3, -0.25) is 4.90 Å². The lowest BCUT2D eigenvalue weighted by Gasteiger charge is -2.40. The van der Waals surface area contributed by atoms with Crippen LogP contribution in [0.3, 0.4) is 0 Å². The van der Waals surface area contributed by atoms with E-state index in [0.717, 1.165) is 32.4 Å². The molecule has 1 aromatic carbocycles. The Morgan fingerprint density at radius 3 is 2.59 bits per heavy atom. The number of halogens is 1. The number of benzene rings is 1. The third-order valence-electron chi connectivity index (χ3n) is 4.87. The fourth-order valence-corrected chi connectivity index (χ4v) is 2.97. The first-order chi connectivity index (χ1) is 10.5. The summed E-state index contributed by atoms with van der Waals surface area (Å²) in [7, 11) is 1.28. The zero-order valence-electron chi connectivity index (χ0n) is 13.3. The lowest BCUT2D eigenvalue weighted by molar-refractivity contribution is 0.0379. The zero-order chi connectivity index (χ0) is 16.2. The normalized spacial score (nSPS) is 18.2. The van der Waals surface area contributed by atoms with Gasteiger partial charge in [-0.1, -0.05) is 13.0 Å². The number of ether oxygens (including phenoxy) is 1. The first-order valence-corrected chi connectivity index (χ1v) is 7.73. The summed E-state index contributed by atoms with van der Waals surface area (Å²) < 4.78 is 18.7. The third-order valence-corrected chi connectivity index (χ3v) is 4.87. The molecule has 1 saturated heterocycles. The highest BCUT2D eigenvalue weighted by atomic mass is 19.1. The summed E-state index contributed by atoms with van der Waals surface area (Å²) in [6.45, 7) is 4.56. The summed E-state index contributed by atoms with van der Waals surface area (Å²) in [6, 6.07) is 4.47. The number of carbonyl (C=O) groups excluding carboxylic acids is 1. The van der Waals surface area contributed by atoms with Gasteiger partial charge in [0.2, 0.25) is 0 Å². The molecule has 0 atom stereocenters. The second-order valence-corrected chi connectivity index (χ2v) is 6.09. The first kappa shape index (κ1) is 16.9. The molecule has 0 unspecified atom stereocenters. The van der Waals surface area contributed by atoms with E-state index in [2.05, 4.69) is 16.6 Å². The Hall–Kier alpha value is -1.46. The minimum Gasteiger partial charge on any atom is -0.465 e. The van der Waals surface area contributed by atoms with Crippen molar-refractivity contribution in [2.24, 2.45) is 5.41 Å². The van der Waals surface area contributed by atoms with Crippen LogP contribution in [0.25, 0.3) is 0 Å². The summed E-state index contributed by atoms with van der Waals surface area (Å²) in [6.07, 6.45) is 2.84. The molecule has 1 heterocycles. The molecule has 2 rings (SSSR count). The van der Waals surface area contributed by atoms with Gasteiger partial charge in [0.25, 0.3) is 0 Å². The van der Waals surface area contributed by atoms with Crippen molar-refractivity contribution < 1.29 is 19.0 Å². The lowest BCUT2D eigenvalue weighted by atomic mass is 9.77. The minimum atomic E-state index is -0.529. The zero-order valence-corrected chi connectivity index (χ0v) is 13.3. The molecule has 5 heteroatoms. The standard InChI is InChI=1S/C17H24FNO3/c1-3-17(12-20)6-8-19(9-7-17)11-14-5-4-13(10-15(14)18)16(21)22-2/h4-5,10,20H,3,6-9,11-12H2,1-2H3. The van der Waals surface area contributed by atoms with Gasteiger partial charge in [0, 0.05) is 18.7 Å². The molecule has 1 aliphatic heterocycles. The average molecular weight is 309 g/mol. The predicted octanol–water partition coefficient (Wildman–Crippen LogP) is 2.60. The van der Waals surface area contributed by atoms with Crippen LogP contribution in [0, 0.1) is 11.2 Å². The van der Waals surface area contributed by atoms with Crippen molar-refractivity contribution in [3.8, 4) is 0 Å². The number of rotatable bonds is 5. The summed E-state index contributed by atoms with van der Waals surface area (Å²) in [5, 5.41) is 9.55. The Labute approximate surface area is 130 Å². The van der Waals surface area contributed by atoms with Crippen molar-refractivity contribution in [1.29, 1.82) is 0 Å². The van der Waals surface area contributed by atoms with Crippen LogP contribution in [0.2, 0.25) is 0 Å². The van der Waals surface area contributed by atoms with Gasteiger partial charge in [-0.05, 0) is 49.9 Å². The van der Waals surface area contributed by atoms with Gasteiger partial charge in [-0.2, -0.15) is 0 Å². The highest BCUT2D eigenvalue weighted by Crippen LogP contribution is 2.34. The molecule has 4 nitrogen and oxygen atoms in total. The molecule has 122 valence electrons. The monoisotopic (exact) mass is 309 g/mol. The SMILES string of the molecule is CCC1(CO)CCN(Cc2ccc(C(=O)OC)cc2F)CC1. The molecule has 0 amide bonds. The van der Waals surface area contributed by atoms with Gasteiger partial charge < -0.3 is 9.84 Å². The predicted molar refractivity (Wildman–Crippen MR) is 82.1 cm³/mol. The molecule has 0 bridgehead atoms. The van der Waals surface area contributed by atoms with Gasteiger partial charge in [0.1, 0.15) is 5.82 Å². The molecule has 0 saturated carbocycles. The van der Waals surface area contributed by atoms with Crippen molar-refractivity contribution >= 4 is 5.97 Å². The number of carbonyl (C=O) groups is 1. The highest BCUT2D eigenvalue weighted by molar-refractivity contribution is 5.89. The van der Waals surface area contributed by atoms with E-state index in [1.54, 1.807) is 12.1 Å². The number of hydrogen-bond donors (Lipinski definition) is 1. The van der Waals surface area contributed by atoms with Gasteiger partial charge in [0.05, 0.1) is 12.7 Å². The Morgan fingerprint density at radius 1 is 1.41 bits per heavy atom. The van der Waals surface area contributed by atoms with Crippen molar-refractivity contribution in [1.82, 2.24) is 4.90 Å². The lowest BCUT2D eigenvalue weighted by Crippen LogP contribution is -2.41. The molecular weight excluding hydrogens is 285 g/mol. The van der Waals surface area contributed by atoms with E-state index in [9.17, 15) is 14.3 Å². The van der Waals surface area contributed by atoms with E-state index in [-0.39, 0.29) is 23.4 Å². The number of aliphatic hydroxyl groups excluding tert-OH is 1. The van der Waals surface area contributed by atoms with Crippen LogP contribution in [-0.4, -0.2) is 42.8 Å². The smallest absolute Gasteiger partial charge is 0.337 e. The molecule has 1 aliphatic rings. The van der Waals surface area contributed by atoms with Crippen LogP contribution in [0.1, 0.15) is 42.1 Å². The molecule has 0 radical (unpaired) electrons. The average Bonchev–Trinajstić information content (AvgIpc) is 2.57. The van der Waals surface area contributed by atoms with Crippen molar-refractivity contribution in [2.75, 3.05) is 26.8 Å². The fourth-order valence-electron chi connectivity index (χ4n) is 2.97.